The van der Waals surface area contributed by atoms with Crippen LogP contribution < -0.4 is 0 Å². The smallest absolute Gasteiger partial charge is 0.304 e. The highest BCUT2D eigenvalue weighted by atomic mass is 16.5. The molecule has 1 aromatic rings. The number of carbonyl (C=O) groups is 1. The van der Waals surface area contributed by atoms with Gasteiger partial charge in [0.2, 0.25) is 0 Å². The predicted molar refractivity (Wildman–Crippen MR) is 87.4 cm³/mol. The summed E-state index contributed by atoms with van der Waals surface area (Å²) in [5.74, 6) is 0.800. The fourth-order valence-corrected chi connectivity index (χ4v) is 3.59. The quantitative estimate of drug-likeness (QED) is 0.757. The van der Waals surface area contributed by atoms with E-state index in [1.165, 1.54) is 6.42 Å². The molecule has 0 bridgehead atoms. The molecule has 1 aliphatic carbocycles. The molecule has 1 atom stereocenters. The van der Waals surface area contributed by atoms with Gasteiger partial charge in [0, 0.05) is 24.5 Å². The fraction of sp³-hybridized carbons (Fsp3) is 0.778. The zero-order valence-electron chi connectivity index (χ0n) is 14.4. The second kappa shape index (κ2) is 7.47. The summed E-state index contributed by atoms with van der Waals surface area (Å²) in [6.07, 6.45) is 4.71. The highest BCUT2D eigenvalue weighted by Crippen LogP contribution is 2.46. The number of rotatable bonds is 8. The van der Waals surface area contributed by atoms with Gasteiger partial charge in [-0.1, -0.05) is 25.9 Å². The van der Waals surface area contributed by atoms with Crippen LogP contribution in [-0.2, 0) is 4.79 Å². The van der Waals surface area contributed by atoms with Gasteiger partial charge in [-0.05, 0) is 43.4 Å². The maximum absolute atomic E-state index is 11.0. The molecule has 0 unspecified atom stereocenters. The Balaban J connectivity index is 1.93. The Kier molecular flexibility index (Phi) is 5.84. The Morgan fingerprint density at radius 1 is 1.43 bits per heavy atom. The van der Waals surface area contributed by atoms with E-state index in [4.69, 9.17) is 14.7 Å². The minimum atomic E-state index is -0.847. The molecule has 1 aliphatic rings. The number of nitrogens with zero attached hydrogens (tertiary/aromatic N) is 1. The third-order valence-corrected chi connectivity index (χ3v) is 4.64. The van der Waals surface area contributed by atoms with Crippen molar-refractivity contribution in [2.75, 3.05) is 6.61 Å². The molecule has 0 spiro atoms. The van der Waals surface area contributed by atoms with Crippen LogP contribution in [0.2, 0.25) is 0 Å². The van der Waals surface area contributed by atoms with E-state index in [1.54, 1.807) is 0 Å². The standard InChI is InChI=1S/C18H29NO4/c1-18(2,3)11-12-7-14(8-12)15-10-16(23-19-15)13(5-4-6-20)9-17(21)22/h10,12-14,20H,4-9,11H2,1-3H3,(H,21,22)/t12?,13-,14?/m0/s1. The third-order valence-electron chi connectivity index (χ3n) is 4.64. The van der Waals surface area contributed by atoms with Crippen molar-refractivity contribution >= 4 is 5.97 Å². The van der Waals surface area contributed by atoms with Gasteiger partial charge in [-0.15, -0.1) is 0 Å². The van der Waals surface area contributed by atoms with Gasteiger partial charge in [0.1, 0.15) is 5.76 Å². The largest absolute Gasteiger partial charge is 0.481 e. The van der Waals surface area contributed by atoms with Crippen LogP contribution >= 0.6 is 0 Å². The van der Waals surface area contributed by atoms with E-state index in [1.807, 2.05) is 6.07 Å². The number of aliphatic hydroxyl groups is 1. The second-order valence-electron chi connectivity index (χ2n) is 8.11. The van der Waals surface area contributed by atoms with Gasteiger partial charge in [-0.3, -0.25) is 4.79 Å². The van der Waals surface area contributed by atoms with Crippen LogP contribution in [-0.4, -0.2) is 27.9 Å². The Hall–Kier alpha value is -1.36. The van der Waals surface area contributed by atoms with Crippen LogP contribution in [0.5, 0.6) is 0 Å². The van der Waals surface area contributed by atoms with Crippen LogP contribution in [0.3, 0.4) is 0 Å². The summed E-state index contributed by atoms with van der Waals surface area (Å²) in [4.78, 5) is 11.0. The molecule has 5 nitrogen and oxygen atoms in total. The molecule has 1 fully saturated rings. The van der Waals surface area contributed by atoms with Gasteiger partial charge in [0.05, 0.1) is 12.1 Å². The Morgan fingerprint density at radius 2 is 2.13 bits per heavy atom. The number of carboxylic acids is 1. The lowest BCUT2D eigenvalue weighted by atomic mass is 9.67. The molecule has 1 heterocycles. The van der Waals surface area contributed by atoms with Gasteiger partial charge in [0.15, 0.2) is 0 Å². The zero-order valence-corrected chi connectivity index (χ0v) is 14.4. The van der Waals surface area contributed by atoms with Crippen LogP contribution in [0.15, 0.2) is 10.6 Å². The molecule has 2 N–H and O–H groups in total. The van der Waals surface area contributed by atoms with E-state index in [9.17, 15) is 4.79 Å². The lowest BCUT2D eigenvalue weighted by Crippen LogP contribution is -2.26. The Bertz CT molecular complexity index is 511. The van der Waals surface area contributed by atoms with E-state index >= 15 is 0 Å². The lowest BCUT2D eigenvalue weighted by molar-refractivity contribution is -0.137. The highest BCUT2D eigenvalue weighted by molar-refractivity contribution is 5.67. The molecule has 0 amide bonds. The number of aliphatic hydroxyl groups excluding tert-OH is 1. The van der Waals surface area contributed by atoms with Crippen molar-refractivity contribution in [1.29, 1.82) is 0 Å². The molecule has 23 heavy (non-hydrogen) atoms. The number of carboxylic acid groups (broad SMARTS) is 1. The van der Waals surface area contributed by atoms with Crippen LogP contribution in [0.1, 0.15) is 82.6 Å². The van der Waals surface area contributed by atoms with E-state index < -0.39 is 5.97 Å². The number of aromatic nitrogens is 1. The molecule has 0 saturated heterocycles. The normalized spacial score (nSPS) is 22.6. The maximum atomic E-state index is 11.0. The van der Waals surface area contributed by atoms with Crippen molar-refractivity contribution in [3.63, 3.8) is 0 Å². The molecule has 0 radical (unpaired) electrons. The summed E-state index contributed by atoms with van der Waals surface area (Å²) in [6.45, 7) is 6.87. The van der Waals surface area contributed by atoms with Crippen molar-refractivity contribution in [3.05, 3.63) is 17.5 Å². The topological polar surface area (TPSA) is 83.6 Å². The van der Waals surface area contributed by atoms with E-state index in [2.05, 4.69) is 25.9 Å². The first kappa shape index (κ1) is 18.0. The van der Waals surface area contributed by atoms with Crippen molar-refractivity contribution in [3.8, 4) is 0 Å². The van der Waals surface area contributed by atoms with E-state index in [-0.39, 0.29) is 18.9 Å². The molecular weight excluding hydrogens is 294 g/mol. The first-order valence-corrected chi connectivity index (χ1v) is 8.57. The predicted octanol–water partition coefficient (Wildman–Crippen LogP) is 3.94. The molecular formula is C18H29NO4. The second-order valence-corrected chi connectivity index (χ2v) is 8.11. The van der Waals surface area contributed by atoms with Crippen molar-refractivity contribution in [2.45, 2.75) is 71.1 Å². The zero-order chi connectivity index (χ0) is 17.0. The summed E-state index contributed by atoms with van der Waals surface area (Å²) in [7, 11) is 0. The van der Waals surface area contributed by atoms with Crippen LogP contribution in [0.4, 0.5) is 0 Å². The molecule has 0 aromatic carbocycles. The summed E-state index contributed by atoms with van der Waals surface area (Å²) >= 11 is 0. The highest BCUT2D eigenvalue weighted by Gasteiger charge is 2.35. The SMILES string of the molecule is CC(C)(C)CC1CC(c2cc([C@@H](CCCO)CC(=O)O)on2)C1. The summed E-state index contributed by atoms with van der Waals surface area (Å²) in [5.41, 5.74) is 1.33. The monoisotopic (exact) mass is 323 g/mol. The minimum absolute atomic E-state index is 0.0198. The average molecular weight is 323 g/mol. The number of hydrogen-bond acceptors (Lipinski definition) is 4. The molecule has 5 heteroatoms. The Labute approximate surface area is 138 Å². The number of aliphatic carboxylic acids is 1. The maximum Gasteiger partial charge on any atom is 0.304 e. The lowest BCUT2D eigenvalue weighted by Gasteiger charge is -2.37. The summed E-state index contributed by atoms with van der Waals surface area (Å²) in [6, 6.07) is 1.93. The van der Waals surface area contributed by atoms with Gasteiger partial charge in [0.25, 0.3) is 0 Å². The third kappa shape index (κ3) is 5.34. The molecule has 2 rings (SSSR count). The van der Waals surface area contributed by atoms with Crippen molar-refractivity contribution in [2.24, 2.45) is 11.3 Å². The van der Waals surface area contributed by atoms with E-state index in [0.29, 0.717) is 29.9 Å². The van der Waals surface area contributed by atoms with Crippen molar-refractivity contribution < 1.29 is 19.5 Å². The van der Waals surface area contributed by atoms with Gasteiger partial charge >= 0.3 is 5.97 Å². The van der Waals surface area contributed by atoms with Gasteiger partial charge in [-0.2, -0.15) is 0 Å². The van der Waals surface area contributed by atoms with Gasteiger partial charge in [-0.25, -0.2) is 0 Å². The molecule has 1 aromatic heterocycles. The molecule has 130 valence electrons. The average Bonchev–Trinajstić information content (AvgIpc) is 2.86. The fourth-order valence-electron chi connectivity index (χ4n) is 3.59. The molecule has 0 aliphatic heterocycles. The number of hydrogen-bond donors (Lipinski definition) is 2. The van der Waals surface area contributed by atoms with Crippen LogP contribution in [0.25, 0.3) is 0 Å². The van der Waals surface area contributed by atoms with Crippen LogP contribution in [0, 0.1) is 11.3 Å². The van der Waals surface area contributed by atoms with E-state index in [0.717, 1.165) is 24.5 Å². The minimum Gasteiger partial charge on any atom is -0.481 e. The first-order valence-electron chi connectivity index (χ1n) is 8.57. The summed E-state index contributed by atoms with van der Waals surface area (Å²) < 4.78 is 5.42. The first-order chi connectivity index (χ1) is 10.8. The Morgan fingerprint density at radius 3 is 2.70 bits per heavy atom. The van der Waals surface area contributed by atoms with Gasteiger partial charge < -0.3 is 14.7 Å². The summed E-state index contributed by atoms with van der Waals surface area (Å²) in [5, 5.41) is 22.2. The molecule has 1 saturated carbocycles. The van der Waals surface area contributed by atoms with Crippen molar-refractivity contribution in [1.82, 2.24) is 5.16 Å².